The van der Waals surface area contributed by atoms with Crippen LogP contribution in [-0.2, 0) is 4.74 Å². The van der Waals surface area contributed by atoms with Gasteiger partial charge in [-0.25, -0.2) is 4.79 Å². The van der Waals surface area contributed by atoms with Gasteiger partial charge in [-0.15, -0.1) is 0 Å². The van der Waals surface area contributed by atoms with Gasteiger partial charge in [0, 0.05) is 16.1 Å². The second-order valence-electron chi connectivity index (χ2n) is 3.10. The van der Waals surface area contributed by atoms with E-state index in [0.717, 1.165) is 0 Å². The van der Waals surface area contributed by atoms with Crippen LogP contribution >= 0.6 is 15.9 Å². The molecule has 0 aromatic heterocycles. The largest absolute Gasteiger partial charge is 0.462 e. The second kappa shape index (κ2) is 5.07. The van der Waals surface area contributed by atoms with Crippen molar-refractivity contribution in [2.45, 2.75) is 13.8 Å². The van der Waals surface area contributed by atoms with Crippen LogP contribution in [0.2, 0.25) is 0 Å². The van der Waals surface area contributed by atoms with Crippen molar-refractivity contribution in [3.63, 3.8) is 0 Å². The smallest absolute Gasteiger partial charge is 0.339 e. The molecule has 6 heteroatoms. The lowest BCUT2D eigenvalue weighted by Crippen LogP contribution is -2.06. The molecule has 0 heterocycles. The standard InChI is InChI=1S/C10H10BrNO4/c1-3-16-10(13)7-4-6(2)9(12(14)15)5-8(7)11/h4-5H,3H2,1-2H3. The minimum absolute atomic E-state index is 0.0278. The average Bonchev–Trinajstić information content (AvgIpc) is 2.20. The molecule has 0 radical (unpaired) electrons. The molecule has 0 saturated carbocycles. The molecule has 5 nitrogen and oxygen atoms in total. The second-order valence-corrected chi connectivity index (χ2v) is 3.95. The van der Waals surface area contributed by atoms with Crippen molar-refractivity contribution in [1.82, 2.24) is 0 Å². The van der Waals surface area contributed by atoms with Crippen LogP contribution < -0.4 is 0 Å². The predicted octanol–water partition coefficient (Wildman–Crippen LogP) is 2.84. The van der Waals surface area contributed by atoms with E-state index < -0.39 is 10.9 Å². The summed E-state index contributed by atoms with van der Waals surface area (Å²) in [6, 6.07) is 2.75. The normalized spacial score (nSPS) is 9.94. The number of nitrogens with zero attached hydrogens (tertiary/aromatic N) is 1. The van der Waals surface area contributed by atoms with Crippen LogP contribution in [0, 0.1) is 17.0 Å². The number of esters is 1. The van der Waals surface area contributed by atoms with E-state index in [0.29, 0.717) is 15.6 Å². The summed E-state index contributed by atoms with van der Waals surface area (Å²) >= 11 is 3.11. The van der Waals surface area contributed by atoms with Gasteiger partial charge in [0.2, 0.25) is 0 Å². The molecule has 0 unspecified atom stereocenters. The van der Waals surface area contributed by atoms with E-state index >= 15 is 0 Å². The fourth-order valence-corrected chi connectivity index (χ4v) is 1.73. The van der Waals surface area contributed by atoms with Crippen LogP contribution in [0.5, 0.6) is 0 Å². The van der Waals surface area contributed by atoms with E-state index in [2.05, 4.69) is 15.9 Å². The number of nitro benzene ring substituents is 1. The average molecular weight is 288 g/mol. The molecule has 1 rings (SSSR count). The number of aryl methyl sites for hydroxylation is 1. The molecule has 86 valence electrons. The van der Waals surface area contributed by atoms with Gasteiger partial charge in [-0.3, -0.25) is 10.1 Å². The zero-order valence-corrected chi connectivity index (χ0v) is 10.4. The third kappa shape index (κ3) is 2.57. The highest BCUT2D eigenvalue weighted by Crippen LogP contribution is 2.27. The van der Waals surface area contributed by atoms with Crippen molar-refractivity contribution in [2.75, 3.05) is 6.61 Å². The molecule has 16 heavy (non-hydrogen) atoms. The van der Waals surface area contributed by atoms with Gasteiger partial charge in [-0.05, 0) is 35.8 Å². The van der Waals surface area contributed by atoms with Crippen molar-refractivity contribution in [3.8, 4) is 0 Å². The van der Waals surface area contributed by atoms with Gasteiger partial charge in [-0.1, -0.05) is 0 Å². The summed E-state index contributed by atoms with van der Waals surface area (Å²) in [5.74, 6) is -0.493. The Labute approximate surface area is 101 Å². The van der Waals surface area contributed by atoms with Gasteiger partial charge >= 0.3 is 5.97 Å². The Morgan fingerprint density at radius 3 is 2.69 bits per heavy atom. The number of carbonyl (C=O) groups is 1. The lowest BCUT2D eigenvalue weighted by Gasteiger charge is -2.05. The summed E-state index contributed by atoms with van der Waals surface area (Å²) in [6.07, 6.45) is 0. The minimum atomic E-state index is -0.493. The van der Waals surface area contributed by atoms with Crippen LogP contribution in [0.3, 0.4) is 0 Å². The van der Waals surface area contributed by atoms with Crippen molar-refractivity contribution in [1.29, 1.82) is 0 Å². The molecule has 0 aliphatic rings. The number of nitro groups is 1. The van der Waals surface area contributed by atoms with Crippen molar-refractivity contribution in [3.05, 3.63) is 37.8 Å². The summed E-state index contributed by atoms with van der Waals surface area (Å²) in [5.41, 5.74) is 0.695. The number of hydrogen-bond donors (Lipinski definition) is 0. The molecule has 1 aromatic rings. The summed E-state index contributed by atoms with van der Waals surface area (Å²) in [4.78, 5) is 21.6. The van der Waals surface area contributed by atoms with Crippen molar-refractivity contribution < 1.29 is 14.5 Å². The summed E-state index contributed by atoms with van der Waals surface area (Å²) < 4.78 is 5.19. The lowest BCUT2D eigenvalue weighted by molar-refractivity contribution is -0.385. The molecular formula is C10H10BrNO4. The summed E-state index contributed by atoms with van der Waals surface area (Å²) in [7, 11) is 0. The first-order valence-corrected chi connectivity index (χ1v) is 5.38. The first-order chi connectivity index (χ1) is 7.47. The fraction of sp³-hybridized carbons (Fsp3) is 0.300. The highest BCUT2D eigenvalue weighted by molar-refractivity contribution is 9.10. The van der Waals surface area contributed by atoms with Gasteiger partial charge in [-0.2, -0.15) is 0 Å². The van der Waals surface area contributed by atoms with E-state index in [4.69, 9.17) is 4.74 Å². The van der Waals surface area contributed by atoms with E-state index in [9.17, 15) is 14.9 Å². The first-order valence-electron chi connectivity index (χ1n) is 4.59. The molecule has 0 N–H and O–H groups in total. The highest BCUT2D eigenvalue weighted by Gasteiger charge is 2.18. The van der Waals surface area contributed by atoms with E-state index in [-0.39, 0.29) is 12.3 Å². The SMILES string of the molecule is CCOC(=O)c1cc(C)c([N+](=O)[O-])cc1Br. The molecule has 0 fully saturated rings. The summed E-state index contributed by atoms with van der Waals surface area (Å²) in [6.45, 7) is 3.54. The Hall–Kier alpha value is -1.43. The maximum Gasteiger partial charge on any atom is 0.339 e. The Bertz CT molecular complexity index is 445. The zero-order valence-electron chi connectivity index (χ0n) is 8.82. The van der Waals surface area contributed by atoms with Crippen molar-refractivity contribution >= 4 is 27.6 Å². The number of benzene rings is 1. The van der Waals surface area contributed by atoms with E-state index in [1.54, 1.807) is 13.8 Å². The predicted molar refractivity (Wildman–Crippen MR) is 61.5 cm³/mol. The maximum atomic E-state index is 11.5. The molecule has 0 bridgehead atoms. The topological polar surface area (TPSA) is 69.4 Å². The van der Waals surface area contributed by atoms with Crippen LogP contribution in [0.25, 0.3) is 0 Å². The molecule has 0 aliphatic heterocycles. The Morgan fingerprint density at radius 1 is 1.56 bits per heavy atom. The van der Waals surface area contributed by atoms with Crippen LogP contribution in [-0.4, -0.2) is 17.5 Å². The number of hydrogen-bond acceptors (Lipinski definition) is 4. The molecule has 0 spiro atoms. The molecular weight excluding hydrogens is 278 g/mol. The Balaban J connectivity index is 3.20. The van der Waals surface area contributed by atoms with E-state index in [1.807, 2.05) is 0 Å². The Kier molecular flexibility index (Phi) is 4.00. The number of ether oxygens (including phenoxy) is 1. The molecule has 1 aromatic carbocycles. The molecule has 0 saturated heterocycles. The van der Waals surface area contributed by atoms with Gasteiger partial charge in [0.15, 0.2) is 0 Å². The number of halogens is 1. The van der Waals surface area contributed by atoms with Gasteiger partial charge in [0.05, 0.1) is 17.1 Å². The monoisotopic (exact) mass is 287 g/mol. The zero-order chi connectivity index (χ0) is 12.3. The number of carbonyl (C=O) groups excluding carboxylic acids is 1. The Morgan fingerprint density at radius 2 is 2.19 bits per heavy atom. The third-order valence-corrected chi connectivity index (χ3v) is 2.63. The van der Waals surface area contributed by atoms with Gasteiger partial charge < -0.3 is 4.74 Å². The minimum Gasteiger partial charge on any atom is -0.462 e. The van der Waals surface area contributed by atoms with Gasteiger partial charge in [0.1, 0.15) is 0 Å². The van der Waals surface area contributed by atoms with Crippen LogP contribution in [0.1, 0.15) is 22.8 Å². The number of rotatable bonds is 3. The highest BCUT2D eigenvalue weighted by atomic mass is 79.9. The van der Waals surface area contributed by atoms with Crippen LogP contribution in [0.4, 0.5) is 5.69 Å². The fourth-order valence-electron chi connectivity index (χ4n) is 1.23. The quantitative estimate of drug-likeness (QED) is 0.487. The van der Waals surface area contributed by atoms with E-state index in [1.165, 1.54) is 12.1 Å². The summed E-state index contributed by atoms with van der Waals surface area (Å²) in [5, 5.41) is 10.6. The molecule has 0 aliphatic carbocycles. The van der Waals surface area contributed by atoms with Gasteiger partial charge in [0.25, 0.3) is 5.69 Å². The lowest BCUT2D eigenvalue weighted by atomic mass is 10.1. The third-order valence-electron chi connectivity index (χ3n) is 1.98. The first kappa shape index (κ1) is 12.6. The maximum absolute atomic E-state index is 11.5. The van der Waals surface area contributed by atoms with Crippen molar-refractivity contribution in [2.24, 2.45) is 0 Å². The molecule has 0 atom stereocenters. The molecule has 0 amide bonds. The van der Waals surface area contributed by atoms with Crippen LogP contribution in [0.15, 0.2) is 16.6 Å².